The van der Waals surface area contributed by atoms with Crippen molar-refractivity contribution >= 4 is 5.97 Å². The van der Waals surface area contributed by atoms with Crippen molar-refractivity contribution in [3.63, 3.8) is 0 Å². The van der Waals surface area contributed by atoms with Crippen LogP contribution in [-0.4, -0.2) is 21.3 Å². The zero-order valence-electron chi connectivity index (χ0n) is 7.84. The highest BCUT2D eigenvalue weighted by Crippen LogP contribution is 2.30. The largest absolute Gasteiger partial charge is 0.504 e. The number of benzene rings is 1. The number of carbonyl (C=O) groups is 1. The molecule has 1 rings (SSSR count). The van der Waals surface area contributed by atoms with Gasteiger partial charge < -0.3 is 21.1 Å². The van der Waals surface area contributed by atoms with Gasteiger partial charge in [-0.3, -0.25) is 0 Å². The van der Waals surface area contributed by atoms with Gasteiger partial charge in [-0.15, -0.1) is 6.58 Å². The van der Waals surface area contributed by atoms with Gasteiger partial charge in [-0.25, -0.2) is 4.79 Å². The van der Waals surface area contributed by atoms with Crippen LogP contribution in [0.15, 0.2) is 30.9 Å². The third kappa shape index (κ3) is 1.77. The van der Waals surface area contributed by atoms with E-state index in [9.17, 15) is 9.90 Å². The first-order chi connectivity index (χ1) is 6.91. The highest BCUT2D eigenvalue weighted by molar-refractivity contribution is 5.83. The molecule has 0 aliphatic rings. The molecular formula is C10H11NO4. The molecule has 0 radical (unpaired) electrons. The first kappa shape index (κ1) is 11.1. The van der Waals surface area contributed by atoms with Gasteiger partial charge >= 0.3 is 5.97 Å². The molecule has 1 unspecified atom stereocenters. The number of hydrogen-bond donors (Lipinski definition) is 4. The quantitative estimate of drug-likeness (QED) is 0.429. The van der Waals surface area contributed by atoms with Gasteiger partial charge in [-0.05, 0) is 17.7 Å². The lowest BCUT2D eigenvalue weighted by molar-refractivity contribution is -0.141. The number of aliphatic carboxylic acids is 1. The Labute approximate surface area is 86.1 Å². The summed E-state index contributed by atoms with van der Waals surface area (Å²) in [6.45, 7) is 3.33. The molecular weight excluding hydrogens is 198 g/mol. The summed E-state index contributed by atoms with van der Waals surface area (Å²) in [6.07, 6.45) is 1.06. The van der Waals surface area contributed by atoms with Crippen molar-refractivity contribution in [3.05, 3.63) is 36.4 Å². The summed E-state index contributed by atoms with van der Waals surface area (Å²) in [5.41, 5.74) is 3.94. The van der Waals surface area contributed by atoms with Gasteiger partial charge in [0.05, 0.1) is 0 Å². The van der Waals surface area contributed by atoms with Crippen LogP contribution in [-0.2, 0) is 10.3 Å². The van der Waals surface area contributed by atoms with Crippen LogP contribution in [0.4, 0.5) is 0 Å². The van der Waals surface area contributed by atoms with Crippen LogP contribution in [0.3, 0.4) is 0 Å². The highest BCUT2D eigenvalue weighted by Gasteiger charge is 2.33. The molecule has 0 amide bonds. The molecule has 0 aromatic heterocycles. The van der Waals surface area contributed by atoms with Crippen LogP contribution in [0.2, 0.25) is 0 Å². The van der Waals surface area contributed by atoms with Crippen molar-refractivity contribution < 1.29 is 20.1 Å². The molecule has 5 nitrogen and oxygen atoms in total. The van der Waals surface area contributed by atoms with Crippen LogP contribution in [0.25, 0.3) is 0 Å². The van der Waals surface area contributed by atoms with Gasteiger partial charge in [-0.2, -0.15) is 0 Å². The van der Waals surface area contributed by atoms with E-state index in [0.29, 0.717) is 0 Å². The summed E-state index contributed by atoms with van der Waals surface area (Å²) in [5.74, 6) is -2.05. The maximum Gasteiger partial charge on any atom is 0.332 e. The van der Waals surface area contributed by atoms with E-state index >= 15 is 0 Å². The maximum absolute atomic E-state index is 10.9. The van der Waals surface area contributed by atoms with Crippen LogP contribution < -0.4 is 5.73 Å². The van der Waals surface area contributed by atoms with E-state index in [1.54, 1.807) is 0 Å². The van der Waals surface area contributed by atoms with Gasteiger partial charge in [0.2, 0.25) is 0 Å². The molecule has 0 saturated heterocycles. The number of aromatic hydroxyl groups is 2. The molecule has 0 aliphatic heterocycles. The van der Waals surface area contributed by atoms with Crippen molar-refractivity contribution in [2.24, 2.45) is 5.73 Å². The fourth-order valence-corrected chi connectivity index (χ4v) is 1.11. The predicted molar refractivity (Wildman–Crippen MR) is 53.5 cm³/mol. The molecule has 0 spiro atoms. The number of carboxylic acid groups (broad SMARTS) is 1. The van der Waals surface area contributed by atoms with Crippen molar-refractivity contribution in [1.82, 2.24) is 0 Å². The van der Waals surface area contributed by atoms with E-state index in [2.05, 4.69) is 6.58 Å². The average molecular weight is 209 g/mol. The van der Waals surface area contributed by atoms with E-state index in [-0.39, 0.29) is 11.3 Å². The Morgan fingerprint density at radius 2 is 2.00 bits per heavy atom. The number of carboxylic acids is 1. The van der Waals surface area contributed by atoms with Gasteiger partial charge in [-0.1, -0.05) is 12.1 Å². The Morgan fingerprint density at radius 3 is 2.40 bits per heavy atom. The second kappa shape index (κ2) is 3.62. The zero-order chi connectivity index (χ0) is 11.6. The SMILES string of the molecule is C=CC(N)(C(=O)O)c1ccc(O)c(O)c1. The first-order valence-electron chi connectivity index (χ1n) is 4.10. The average Bonchev–Trinajstić information content (AvgIpc) is 2.20. The third-order valence-corrected chi connectivity index (χ3v) is 2.13. The Morgan fingerprint density at radius 1 is 1.40 bits per heavy atom. The Balaban J connectivity index is 3.31. The summed E-state index contributed by atoms with van der Waals surface area (Å²) in [5, 5.41) is 27.2. The molecule has 0 aliphatic carbocycles. The van der Waals surface area contributed by atoms with E-state index in [1.807, 2.05) is 0 Å². The minimum Gasteiger partial charge on any atom is -0.504 e. The zero-order valence-corrected chi connectivity index (χ0v) is 7.84. The first-order valence-corrected chi connectivity index (χ1v) is 4.10. The Hall–Kier alpha value is -2.01. The van der Waals surface area contributed by atoms with E-state index < -0.39 is 17.3 Å². The molecule has 0 heterocycles. The van der Waals surface area contributed by atoms with Crippen LogP contribution in [0, 0.1) is 0 Å². The Kier molecular flexibility index (Phi) is 2.67. The van der Waals surface area contributed by atoms with Gasteiger partial charge in [0.25, 0.3) is 0 Å². The lowest BCUT2D eigenvalue weighted by Crippen LogP contribution is -2.42. The molecule has 0 saturated carbocycles. The fraction of sp³-hybridized carbons (Fsp3) is 0.100. The normalized spacial score (nSPS) is 14.2. The minimum atomic E-state index is -1.77. The van der Waals surface area contributed by atoms with E-state index in [0.717, 1.165) is 12.1 Å². The van der Waals surface area contributed by atoms with Crippen LogP contribution in [0.1, 0.15) is 5.56 Å². The van der Waals surface area contributed by atoms with Crippen LogP contribution in [0.5, 0.6) is 11.5 Å². The summed E-state index contributed by atoms with van der Waals surface area (Å²) >= 11 is 0. The molecule has 1 atom stereocenters. The predicted octanol–water partition coefficient (Wildman–Crippen LogP) is 0.522. The molecule has 5 heteroatoms. The highest BCUT2D eigenvalue weighted by atomic mass is 16.4. The Bertz CT molecular complexity index is 416. The molecule has 15 heavy (non-hydrogen) atoms. The summed E-state index contributed by atoms with van der Waals surface area (Å²) in [4.78, 5) is 10.9. The fourth-order valence-electron chi connectivity index (χ4n) is 1.11. The van der Waals surface area contributed by atoms with Crippen molar-refractivity contribution in [3.8, 4) is 11.5 Å². The second-order valence-electron chi connectivity index (χ2n) is 3.08. The number of phenolic OH excluding ortho intramolecular Hbond substituents is 2. The lowest BCUT2D eigenvalue weighted by Gasteiger charge is -2.20. The smallest absolute Gasteiger partial charge is 0.332 e. The standard InChI is InChI=1S/C10H11NO4/c1-2-10(11,9(14)15)6-3-4-7(12)8(13)5-6/h2-5,12-13H,1,11H2,(H,14,15). The maximum atomic E-state index is 10.9. The number of rotatable bonds is 3. The molecule has 1 aromatic carbocycles. The molecule has 0 fully saturated rings. The molecule has 80 valence electrons. The van der Waals surface area contributed by atoms with Crippen molar-refractivity contribution in [1.29, 1.82) is 0 Å². The van der Waals surface area contributed by atoms with E-state index in [1.165, 1.54) is 12.1 Å². The van der Waals surface area contributed by atoms with Crippen molar-refractivity contribution in [2.75, 3.05) is 0 Å². The second-order valence-corrected chi connectivity index (χ2v) is 3.08. The summed E-state index contributed by atoms with van der Waals surface area (Å²) in [7, 11) is 0. The molecule has 5 N–H and O–H groups in total. The topological polar surface area (TPSA) is 104 Å². The number of nitrogens with two attached hydrogens (primary N) is 1. The van der Waals surface area contributed by atoms with Gasteiger partial charge in [0, 0.05) is 0 Å². The third-order valence-electron chi connectivity index (χ3n) is 2.13. The lowest BCUT2D eigenvalue weighted by atomic mass is 9.91. The van der Waals surface area contributed by atoms with E-state index in [4.69, 9.17) is 15.9 Å². The van der Waals surface area contributed by atoms with Crippen molar-refractivity contribution in [2.45, 2.75) is 5.54 Å². The van der Waals surface area contributed by atoms with Gasteiger partial charge in [0.1, 0.15) is 0 Å². The minimum absolute atomic E-state index is 0.139. The monoisotopic (exact) mass is 209 g/mol. The summed E-state index contributed by atoms with van der Waals surface area (Å²) < 4.78 is 0. The number of hydrogen-bond acceptors (Lipinski definition) is 4. The van der Waals surface area contributed by atoms with Gasteiger partial charge in [0.15, 0.2) is 17.0 Å². The summed E-state index contributed by atoms with van der Waals surface area (Å²) in [6, 6.07) is 3.56. The molecule has 0 bridgehead atoms. The number of phenols is 2. The van der Waals surface area contributed by atoms with Crippen LogP contribution >= 0.6 is 0 Å². The molecule has 1 aromatic rings.